The van der Waals surface area contributed by atoms with E-state index in [1.807, 2.05) is 0 Å². The van der Waals surface area contributed by atoms with E-state index in [2.05, 4.69) is 4.74 Å². The van der Waals surface area contributed by atoms with Gasteiger partial charge in [-0.05, 0) is 6.92 Å². The van der Waals surface area contributed by atoms with Crippen LogP contribution in [0.2, 0.25) is 0 Å². The van der Waals surface area contributed by atoms with Crippen LogP contribution in [0.25, 0.3) is 0 Å². The third-order valence-electron chi connectivity index (χ3n) is 0.401. The van der Waals surface area contributed by atoms with E-state index < -0.39 is 11.7 Å². The molecule has 3 nitrogen and oxygen atoms in total. The van der Waals surface area contributed by atoms with Gasteiger partial charge in [-0.1, -0.05) is 11.6 Å². The van der Waals surface area contributed by atoms with E-state index in [0.29, 0.717) is 0 Å². The summed E-state index contributed by atoms with van der Waals surface area (Å²) in [5.41, 5.74) is -0.725. The van der Waals surface area contributed by atoms with Gasteiger partial charge in [-0.2, -0.15) is 0 Å². The van der Waals surface area contributed by atoms with Gasteiger partial charge in [0.2, 0.25) is 0 Å². The molecule has 0 radical (unpaired) electrons. The Kier molecular flexibility index (Phi) is 4.10. The van der Waals surface area contributed by atoms with Crippen LogP contribution in [0.1, 0.15) is 6.92 Å². The minimum atomic E-state index is -0.888. The highest BCUT2D eigenvalue weighted by atomic mass is 35.5. The smallest absolute Gasteiger partial charge is 0.428 e. The molecule has 0 aliphatic carbocycles. The fraction of sp³-hybridized carbons (Fsp3) is 0.667. The Bertz CT molecular complexity index is 105. The second-order valence-corrected chi connectivity index (χ2v) is 2.62. The fourth-order valence-electron chi connectivity index (χ4n) is 0.179. The molecule has 54 valence electrons. The summed E-state index contributed by atoms with van der Waals surface area (Å²) in [5, 5.41) is 0. The summed E-state index contributed by atoms with van der Waals surface area (Å²) in [5.74, 6) is 0. The SMILES string of the molecule is CC(Cl)OC(=O)N(Cl)Cl. The van der Waals surface area contributed by atoms with Crippen molar-refractivity contribution in [2.24, 2.45) is 0 Å². The molecule has 1 atom stereocenters. The van der Waals surface area contributed by atoms with Crippen LogP contribution in [0.3, 0.4) is 0 Å². The molecule has 0 heterocycles. The van der Waals surface area contributed by atoms with Crippen molar-refractivity contribution in [1.82, 2.24) is 3.94 Å². The molecule has 0 spiro atoms. The van der Waals surface area contributed by atoms with Crippen LogP contribution in [0, 0.1) is 0 Å². The van der Waals surface area contributed by atoms with Gasteiger partial charge in [0.05, 0.1) is 0 Å². The third kappa shape index (κ3) is 4.63. The van der Waals surface area contributed by atoms with Crippen LogP contribution >= 0.6 is 35.2 Å². The summed E-state index contributed by atoms with van der Waals surface area (Å²) in [4.78, 5) is 10.3. The fourth-order valence-corrected chi connectivity index (χ4v) is 0.335. The number of alkyl halides is 1. The molecular formula is C3H4Cl3NO2. The highest BCUT2D eigenvalue weighted by Crippen LogP contribution is 2.06. The molecule has 6 heteroatoms. The summed E-state index contributed by atoms with van der Waals surface area (Å²) in [6, 6.07) is 0. The maximum Gasteiger partial charge on any atom is 0.441 e. The zero-order valence-corrected chi connectivity index (χ0v) is 6.74. The molecule has 1 unspecified atom stereocenters. The lowest BCUT2D eigenvalue weighted by molar-refractivity contribution is 0.132. The first-order valence-corrected chi connectivity index (χ1v) is 3.11. The Morgan fingerprint density at radius 1 is 1.67 bits per heavy atom. The van der Waals surface area contributed by atoms with Crippen LogP contribution in [-0.4, -0.2) is 15.6 Å². The van der Waals surface area contributed by atoms with Crippen LogP contribution in [-0.2, 0) is 4.74 Å². The van der Waals surface area contributed by atoms with Crippen molar-refractivity contribution in [3.05, 3.63) is 0 Å². The van der Waals surface area contributed by atoms with Crippen molar-refractivity contribution < 1.29 is 9.53 Å². The van der Waals surface area contributed by atoms with Gasteiger partial charge in [-0.3, -0.25) is 0 Å². The number of ether oxygens (including phenoxy) is 1. The van der Waals surface area contributed by atoms with E-state index in [0.717, 1.165) is 0 Å². The molecule has 0 aromatic heterocycles. The highest BCUT2D eigenvalue weighted by molar-refractivity contribution is 6.40. The van der Waals surface area contributed by atoms with Crippen LogP contribution in [0.5, 0.6) is 0 Å². The summed E-state index contributed by atoms with van der Waals surface area (Å²) in [6.45, 7) is 1.47. The number of carbonyl (C=O) groups excluding carboxylic acids is 1. The van der Waals surface area contributed by atoms with Gasteiger partial charge in [0, 0.05) is 23.6 Å². The lowest BCUT2D eigenvalue weighted by Gasteiger charge is -2.06. The second-order valence-electron chi connectivity index (χ2n) is 1.16. The predicted molar refractivity (Wildman–Crippen MR) is 35.3 cm³/mol. The summed E-state index contributed by atoms with van der Waals surface area (Å²) in [6.07, 6.45) is -0.888. The number of nitrogens with zero attached hydrogens (tertiary/aromatic N) is 1. The number of amides is 1. The van der Waals surface area contributed by atoms with E-state index in [-0.39, 0.29) is 3.94 Å². The first kappa shape index (κ1) is 9.14. The van der Waals surface area contributed by atoms with Crippen LogP contribution in [0.15, 0.2) is 0 Å². The number of hydrogen-bond acceptors (Lipinski definition) is 2. The third-order valence-corrected chi connectivity index (χ3v) is 0.766. The Labute approximate surface area is 67.6 Å². The summed E-state index contributed by atoms with van der Waals surface area (Å²) < 4.78 is 4.56. The maximum atomic E-state index is 10.3. The molecule has 0 saturated carbocycles. The van der Waals surface area contributed by atoms with Gasteiger partial charge in [0.25, 0.3) is 0 Å². The average molecular weight is 192 g/mol. The van der Waals surface area contributed by atoms with E-state index in [1.54, 1.807) is 0 Å². The number of carbonyl (C=O) groups is 1. The van der Waals surface area contributed by atoms with Crippen molar-refractivity contribution >= 4 is 41.2 Å². The molecule has 9 heavy (non-hydrogen) atoms. The standard InChI is InChI=1S/C3H4Cl3NO2/c1-2(4)9-3(8)7(5)6/h2H,1H3. The van der Waals surface area contributed by atoms with E-state index >= 15 is 0 Å². The van der Waals surface area contributed by atoms with Crippen molar-refractivity contribution in [3.8, 4) is 0 Å². The van der Waals surface area contributed by atoms with Gasteiger partial charge >= 0.3 is 6.09 Å². The normalized spacial score (nSPS) is 12.4. The second kappa shape index (κ2) is 4.04. The summed E-state index contributed by atoms with van der Waals surface area (Å²) >= 11 is 15.1. The van der Waals surface area contributed by atoms with Crippen molar-refractivity contribution in [1.29, 1.82) is 0 Å². The van der Waals surface area contributed by atoms with E-state index in [9.17, 15) is 4.79 Å². The van der Waals surface area contributed by atoms with Gasteiger partial charge in [0.1, 0.15) is 0 Å². The zero-order valence-electron chi connectivity index (χ0n) is 4.47. The molecule has 0 aromatic carbocycles. The highest BCUT2D eigenvalue weighted by Gasteiger charge is 2.11. The van der Waals surface area contributed by atoms with Crippen molar-refractivity contribution in [2.45, 2.75) is 12.5 Å². The topological polar surface area (TPSA) is 29.5 Å². The minimum Gasteiger partial charge on any atom is -0.428 e. The lowest BCUT2D eigenvalue weighted by Crippen LogP contribution is -2.16. The molecule has 0 aliphatic heterocycles. The molecule has 0 rings (SSSR count). The van der Waals surface area contributed by atoms with Gasteiger partial charge < -0.3 is 4.74 Å². The molecule has 0 bridgehead atoms. The van der Waals surface area contributed by atoms with E-state index in [1.165, 1.54) is 6.92 Å². The Hall–Kier alpha value is 0.140. The average Bonchev–Trinajstić information content (AvgIpc) is 1.63. The number of halogens is 3. The Morgan fingerprint density at radius 2 is 2.11 bits per heavy atom. The van der Waals surface area contributed by atoms with E-state index in [4.69, 9.17) is 35.2 Å². The Balaban J connectivity index is 3.51. The molecule has 0 aromatic rings. The quantitative estimate of drug-likeness (QED) is 0.471. The maximum absolute atomic E-state index is 10.3. The molecule has 0 fully saturated rings. The molecule has 0 aliphatic rings. The van der Waals surface area contributed by atoms with Crippen LogP contribution < -0.4 is 0 Å². The van der Waals surface area contributed by atoms with Gasteiger partial charge in [0.15, 0.2) is 5.56 Å². The van der Waals surface area contributed by atoms with Crippen molar-refractivity contribution in [2.75, 3.05) is 0 Å². The zero-order chi connectivity index (χ0) is 7.44. The van der Waals surface area contributed by atoms with Crippen molar-refractivity contribution in [3.63, 3.8) is 0 Å². The van der Waals surface area contributed by atoms with Gasteiger partial charge in [-0.25, -0.2) is 4.79 Å². The molecule has 0 N–H and O–H groups in total. The number of hydrogen-bond donors (Lipinski definition) is 0. The summed E-state index contributed by atoms with van der Waals surface area (Å²) in [7, 11) is 0. The minimum absolute atomic E-state index is 0.263. The monoisotopic (exact) mass is 191 g/mol. The lowest BCUT2D eigenvalue weighted by atomic mass is 10.8. The van der Waals surface area contributed by atoms with Gasteiger partial charge in [-0.15, -0.1) is 3.94 Å². The predicted octanol–water partition coefficient (Wildman–Crippen LogP) is 2.32. The molecular weight excluding hydrogens is 188 g/mol. The largest absolute Gasteiger partial charge is 0.441 e. The number of rotatable bonds is 1. The first-order chi connectivity index (χ1) is 4.04. The Morgan fingerprint density at radius 3 is 2.22 bits per heavy atom. The molecule has 1 amide bonds. The van der Waals surface area contributed by atoms with Crippen LogP contribution in [0.4, 0.5) is 4.79 Å². The first-order valence-electron chi connectivity index (χ1n) is 2.00. The molecule has 0 saturated heterocycles.